The first-order chi connectivity index (χ1) is 8.08. The van der Waals surface area contributed by atoms with E-state index >= 15 is 0 Å². The number of carbonyl (C=O) groups is 1. The van der Waals surface area contributed by atoms with Crippen molar-refractivity contribution in [2.75, 3.05) is 18.4 Å². The molecule has 0 saturated carbocycles. The number of benzene rings is 1. The summed E-state index contributed by atoms with van der Waals surface area (Å²) < 4.78 is 0. The molecule has 1 aromatic carbocycles. The van der Waals surface area contributed by atoms with Gasteiger partial charge in [-0.3, -0.25) is 4.79 Å². The van der Waals surface area contributed by atoms with E-state index < -0.39 is 0 Å². The number of hydrogen-bond donors (Lipinski definition) is 3. The Morgan fingerprint density at radius 2 is 1.76 bits per heavy atom. The number of thiocarbonyl (C=S) groups is 1. The Balaban J connectivity index is 2.25. The molecule has 0 aromatic heterocycles. The minimum atomic E-state index is -0.0378. The molecule has 0 radical (unpaired) electrons. The lowest BCUT2D eigenvalue weighted by molar-refractivity contribution is -0.118. The molecular weight excluding hydrogens is 234 g/mol. The Kier molecular flexibility index (Phi) is 5.42. The normalized spacial score (nSPS) is 9.53. The summed E-state index contributed by atoms with van der Waals surface area (Å²) in [4.78, 5) is 10.6. The fourth-order valence-corrected chi connectivity index (χ4v) is 1.45. The molecule has 92 valence electrons. The fraction of sp³-hybridized carbons (Fsp3) is 0.333. The SMILES string of the molecule is CC(=O)NCCNC(=S)Nc1ccc(C)cc1. The Morgan fingerprint density at radius 1 is 1.18 bits per heavy atom. The summed E-state index contributed by atoms with van der Waals surface area (Å²) in [6.07, 6.45) is 0. The second-order valence-corrected chi connectivity index (χ2v) is 4.14. The van der Waals surface area contributed by atoms with E-state index in [1.54, 1.807) is 0 Å². The van der Waals surface area contributed by atoms with E-state index in [0.29, 0.717) is 18.2 Å². The van der Waals surface area contributed by atoms with Crippen molar-refractivity contribution >= 4 is 28.9 Å². The van der Waals surface area contributed by atoms with Gasteiger partial charge in [-0.15, -0.1) is 0 Å². The summed E-state index contributed by atoms with van der Waals surface area (Å²) in [7, 11) is 0. The molecule has 5 heteroatoms. The molecule has 0 atom stereocenters. The zero-order valence-electron chi connectivity index (χ0n) is 10.0. The third-order valence-corrected chi connectivity index (χ3v) is 2.34. The molecule has 1 rings (SSSR count). The number of anilines is 1. The molecule has 4 nitrogen and oxygen atoms in total. The van der Waals surface area contributed by atoms with Crippen LogP contribution in [0.1, 0.15) is 12.5 Å². The van der Waals surface area contributed by atoms with Crippen LogP contribution in [-0.4, -0.2) is 24.1 Å². The van der Waals surface area contributed by atoms with E-state index in [9.17, 15) is 4.79 Å². The summed E-state index contributed by atoms with van der Waals surface area (Å²) in [5.74, 6) is -0.0378. The van der Waals surface area contributed by atoms with Gasteiger partial charge in [0.25, 0.3) is 0 Å². The maximum absolute atomic E-state index is 10.6. The van der Waals surface area contributed by atoms with E-state index in [4.69, 9.17) is 12.2 Å². The maximum Gasteiger partial charge on any atom is 0.216 e. The van der Waals surface area contributed by atoms with Crippen molar-refractivity contribution in [1.29, 1.82) is 0 Å². The highest BCUT2D eigenvalue weighted by Gasteiger charge is 1.97. The van der Waals surface area contributed by atoms with Gasteiger partial charge in [0.05, 0.1) is 0 Å². The third-order valence-electron chi connectivity index (χ3n) is 2.09. The van der Waals surface area contributed by atoms with Gasteiger partial charge in [-0.1, -0.05) is 17.7 Å². The minimum Gasteiger partial charge on any atom is -0.361 e. The summed E-state index contributed by atoms with van der Waals surface area (Å²) in [6.45, 7) is 4.69. The van der Waals surface area contributed by atoms with Gasteiger partial charge in [-0.25, -0.2) is 0 Å². The van der Waals surface area contributed by atoms with Gasteiger partial charge in [0.2, 0.25) is 5.91 Å². The molecule has 0 fully saturated rings. The number of nitrogens with one attached hydrogen (secondary N) is 3. The van der Waals surface area contributed by atoms with E-state index in [0.717, 1.165) is 5.69 Å². The van der Waals surface area contributed by atoms with Crippen LogP contribution in [0.3, 0.4) is 0 Å². The minimum absolute atomic E-state index is 0.0378. The van der Waals surface area contributed by atoms with Crippen LogP contribution in [0.4, 0.5) is 5.69 Å². The van der Waals surface area contributed by atoms with Gasteiger partial charge in [0.15, 0.2) is 5.11 Å². The van der Waals surface area contributed by atoms with Crippen LogP contribution < -0.4 is 16.0 Å². The fourth-order valence-electron chi connectivity index (χ4n) is 1.23. The van der Waals surface area contributed by atoms with Gasteiger partial charge in [-0.05, 0) is 31.3 Å². The molecule has 1 aromatic rings. The zero-order valence-corrected chi connectivity index (χ0v) is 10.9. The van der Waals surface area contributed by atoms with Gasteiger partial charge in [0.1, 0.15) is 0 Å². The van der Waals surface area contributed by atoms with Crippen molar-refractivity contribution in [2.24, 2.45) is 0 Å². The van der Waals surface area contributed by atoms with Crippen LogP contribution in [-0.2, 0) is 4.79 Å². The lowest BCUT2D eigenvalue weighted by Gasteiger charge is -2.10. The van der Waals surface area contributed by atoms with Crippen LogP contribution in [0.25, 0.3) is 0 Å². The summed E-state index contributed by atoms with van der Waals surface area (Å²) in [5, 5.41) is 9.31. The van der Waals surface area contributed by atoms with E-state index in [-0.39, 0.29) is 5.91 Å². The van der Waals surface area contributed by atoms with Crippen molar-refractivity contribution in [3.8, 4) is 0 Å². The molecular formula is C12H17N3OS. The molecule has 0 heterocycles. The molecule has 0 aliphatic heterocycles. The number of aryl methyl sites for hydroxylation is 1. The molecule has 0 aliphatic carbocycles. The van der Waals surface area contributed by atoms with Crippen LogP contribution >= 0.6 is 12.2 Å². The number of rotatable bonds is 4. The Bertz CT molecular complexity index is 389. The smallest absolute Gasteiger partial charge is 0.216 e. The Hall–Kier alpha value is -1.62. The molecule has 0 unspecified atom stereocenters. The number of hydrogen-bond acceptors (Lipinski definition) is 2. The molecule has 0 bridgehead atoms. The van der Waals surface area contributed by atoms with Crippen LogP contribution in [0, 0.1) is 6.92 Å². The Labute approximate surface area is 107 Å². The van der Waals surface area contributed by atoms with Gasteiger partial charge < -0.3 is 16.0 Å². The van der Waals surface area contributed by atoms with Crippen molar-refractivity contribution in [3.63, 3.8) is 0 Å². The highest BCUT2D eigenvalue weighted by molar-refractivity contribution is 7.80. The summed E-state index contributed by atoms with van der Waals surface area (Å²) in [6, 6.07) is 7.97. The molecule has 0 saturated heterocycles. The van der Waals surface area contributed by atoms with Gasteiger partial charge in [0, 0.05) is 25.7 Å². The van der Waals surface area contributed by atoms with Crippen molar-refractivity contribution < 1.29 is 4.79 Å². The maximum atomic E-state index is 10.6. The topological polar surface area (TPSA) is 53.2 Å². The highest BCUT2D eigenvalue weighted by Crippen LogP contribution is 2.07. The average Bonchev–Trinajstić information content (AvgIpc) is 2.27. The zero-order chi connectivity index (χ0) is 12.7. The largest absolute Gasteiger partial charge is 0.361 e. The van der Waals surface area contributed by atoms with Gasteiger partial charge in [-0.2, -0.15) is 0 Å². The van der Waals surface area contributed by atoms with Crippen LogP contribution in [0.2, 0.25) is 0 Å². The summed E-state index contributed by atoms with van der Waals surface area (Å²) >= 11 is 5.11. The first kappa shape index (κ1) is 13.4. The average molecular weight is 251 g/mol. The monoisotopic (exact) mass is 251 g/mol. The Morgan fingerprint density at radius 3 is 2.35 bits per heavy atom. The molecule has 1 amide bonds. The molecule has 0 spiro atoms. The highest BCUT2D eigenvalue weighted by atomic mass is 32.1. The number of carbonyl (C=O) groups excluding carboxylic acids is 1. The third kappa shape index (κ3) is 5.87. The van der Waals surface area contributed by atoms with E-state index in [1.807, 2.05) is 31.2 Å². The van der Waals surface area contributed by atoms with Crippen molar-refractivity contribution in [2.45, 2.75) is 13.8 Å². The predicted molar refractivity (Wildman–Crippen MR) is 74.1 cm³/mol. The predicted octanol–water partition coefficient (Wildman–Crippen LogP) is 1.42. The quantitative estimate of drug-likeness (QED) is 0.559. The van der Waals surface area contributed by atoms with Crippen LogP contribution in [0.15, 0.2) is 24.3 Å². The lowest BCUT2D eigenvalue weighted by Crippen LogP contribution is -2.35. The summed E-state index contributed by atoms with van der Waals surface area (Å²) in [5.41, 5.74) is 2.16. The lowest BCUT2D eigenvalue weighted by atomic mass is 10.2. The van der Waals surface area contributed by atoms with E-state index in [1.165, 1.54) is 12.5 Å². The number of amides is 1. The van der Waals surface area contributed by atoms with Gasteiger partial charge >= 0.3 is 0 Å². The van der Waals surface area contributed by atoms with Crippen molar-refractivity contribution in [1.82, 2.24) is 10.6 Å². The first-order valence-electron chi connectivity index (χ1n) is 5.44. The van der Waals surface area contributed by atoms with Crippen molar-refractivity contribution in [3.05, 3.63) is 29.8 Å². The standard InChI is InChI=1S/C12H17N3OS/c1-9-3-5-11(6-4-9)15-12(17)14-8-7-13-10(2)16/h3-6H,7-8H2,1-2H3,(H,13,16)(H2,14,15,17). The van der Waals surface area contributed by atoms with E-state index in [2.05, 4.69) is 16.0 Å². The molecule has 0 aliphatic rings. The second kappa shape index (κ2) is 6.85. The molecule has 17 heavy (non-hydrogen) atoms. The second-order valence-electron chi connectivity index (χ2n) is 3.73. The molecule has 3 N–H and O–H groups in total. The first-order valence-corrected chi connectivity index (χ1v) is 5.84. The van der Waals surface area contributed by atoms with Crippen LogP contribution in [0.5, 0.6) is 0 Å².